The van der Waals surface area contributed by atoms with Crippen molar-refractivity contribution in [2.45, 2.75) is 24.7 Å². The highest BCUT2D eigenvalue weighted by atomic mass is 35.5. The Labute approximate surface area is 171 Å². The molecule has 0 saturated heterocycles. The molecule has 28 heavy (non-hydrogen) atoms. The van der Waals surface area contributed by atoms with Crippen LogP contribution in [0, 0.1) is 0 Å². The van der Waals surface area contributed by atoms with Crippen LogP contribution in [0.25, 0.3) is 0 Å². The molecular weight excluding hydrogens is 400 g/mol. The van der Waals surface area contributed by atoms with Crippen molar-refractivity contribution >= 4 is 27.5 Å². The number of hydrogen-bond acceptors (Lipinski definition) is 4. The van der Waals surface area contributed by atoms with Gasteiger partial charge in [-0.05, 0) is 41.8 Å². The van der Waals surface area contributed by atoms with Crippen molar-refractivity contribution in [3.63, 3.8) is 0 Å². The Balaban J connectivity index is 1.83. The summed E-state index contributed by atoms with van der Waals surface area (Å²) in [4.78, 5) is 12.2. The molecule has 0 radical (unpaired) electrons. The van der Waals surface area contributed by atoms with Crippen LogP contribution in [0.1, 0.15) is 25.3 Å². The summed E-state index contributed by atoms with van der Waals surface area (Å²) in [7, 11) is -2.40. The van der Waals surface area contributed by atoms with Gasteiger partial charge in [-0.1, -0.05) is 43.6 Å². The third-order valence-electron chi connectivity index (χ3n) is 4.11. The van der Waals surface area contributed by atoms with Crippen LogP contribution in [0.3, 0.4) is 0 Å². The highest BCUT2D eigenvalue weighted by Gasteiger charge is 2.22. The largest absolute Gasteiger partial charge is 0.491 e. The Hall–Kier alpha value is -2.09. The molecule has 0 unspecified atom stereocenters. The van der Waals surface area contributed by atoms with Crippen molar-refractivity contribution in [2.24, 2.45) is 0 Å². The molecule has 0 fully saturated rings. The number of carbonyl (C=O) groups excluding carboxylic acids is 1. The Morgan fingerprint density at radius 3 is 2.43 bits per heavy atom. The Morgan fingerprint density at radius 1 is 1.14 bits per heavy atom. The first-order chi connectivity index (χ1) is 13.2. The molecular formula is C20H25ClN2O4S. The summed E-state index contributed by atoms with van der Waals surface area (Å²) in [5.74, 6) is 0.715. The molecule has 152 valence electrons. The van der Waals surface area contributed by atoms with E-state index in [1.54, 1.807) is 0 Å². The molecule has 0 aliphatic carbocycles. The number of benzene rings is 2. The smallest absolute Gasteiger partial charge is 0.243 e. The maximum atomic E-state index is 12.5. The molecule has 8 heteroatoms. The zero-order valence-electron chi connectivity index (χ0n) is 16.2. The monoisotopic (exact) mass is 424 g/mol. The number of sulfonamides is 1. The van der Waals surface area contributed by atoms with Crippen molar-refractivity contribution in [1.29, 1.82) is 0 Å². The van der Waals surface area contributed by atoms with Crippen LogP contribution in [0.15, 0.2) is 53.4 Å². The topological polar surface area (TPSA) is 75.7 Å². The van der Waals surface area contributed by atoms with Crippen LogP contribution in [0.4, 0.5) is 0 Å². The van der Waals surface area contributed by atoms with E-state index in [0.29, 0.717) is 17.5 Å². The fraction of sp³-hybridized carbons (Fsp3) is 0.350. The molecule has 0 atom stereocenters. The Kier molecular flexibility index (Phi) is 7.86. The van der Waals surface area contributed by atoms with E-state index in [0.717, 1.165) is 15.6 Å². The first-order valence-corrected chi connectivity index (χ1v) is 10.7. The van der Waals surface area contributed by atoms with Gasteiger partial charge in [-0.15, -0.1) is 0 Å². The standard InChI is InChI=1S/C20H25ClN2O4S/c1-15(2)18-6-4-5-7-19(18)27-13-12-22-20(24)14-23(3)28(25,26)17-10-8-16(21)9-11-17/h4-11,15H,12-14H2,1-3H3,(H,22,24). The zero-order chi connectivity index (χ0) is 20.7. The molecule has 6 nitrogen and oxygen atoms in total. The van der Waals surface area contributed by atoms with Crippen LogP contribution in [0.2, 0.25) is 5.02 Å². The van der Waals surface area contributed by atoms with Gasteiger partial charge in [0.1, 0.15) is 12.4 Å². The quantitative estimate of drug-likeness (QED) is 0.627. The molecule has 0 saturated carbocycles. The van der Waals surface area contributed by atoms with Gasteiger partial charge >= 0.3 is 0 Å². The molecule has 0 aromatic heterocycles. The summed E-state index contributed by atoms with van der Waals surface area (Å²) in [6, 6.07) is 13.6. The number of halogens is 1. The van der Waals surface area contributed by atoms with E-state index in [-0.39, 0.29) is 18.0 Å². The van der Waals surface area contributed by atoms with Gasteiger partial charge in [-0.2, -0.15) is 4.31 Å². The summed E-state index contributed by atoms with van der Waals surface area (Å²) >= 11 is 5.78. The SMILES string of the molecule is CC(C)c1ccccc1OCCNC(=O)CN(C)S(=O)(=O)c1ccc(Cl)cc1. The molecule has 2 aromatic rings. The predicted molar refractivity (Wildman–Crippen MR) is 110 cm³/mol. The molecule has 0 spiro atoms. The third-order valence-corrected chi connectivity index (χ3v) is 6.18. The first kappa shape index (κ1) is 22.2. The van der Waals surface area contributed by atoms with Crippen LogP contribution < -0.4 is 10.1 Å². The van der Waals surface area contributed by atoms with E-state index in [2.05, 4.69) is 19.2 Å². The highest BCUT2D eigenvalue weighted by Crippen LogP contribution is 2.25. The van der Waals surface area contributed by atoms with Crippen LogP contribution >= 0.6 is 11.6 Å². The van der Waals surface area contributed by atoms with Crippen molar-refractivity contribution in [2.75, 3.05) is 26.7 Å². The third kappa shape index (κ3) is 5.95. The Bertz CT molecular complexity index is 899. The lowest BCUT2D eigenvalue weighted by Gasteiger charge is -2.17. The van der Waals surface area contributed by atoms with Crippen molar-refractivity contribution in [3.05, 3.63) is 59.1 Å². The highest BCUT2D eigenvalue weighted by molar-refractivity contribution is 7.89. The van der Waals surface area contributed by atoms with Crippen molar-refractivity contribution < 1.29 is 17.9 Å². The second-order valence-corrected chi connectivity index (χ2v) is 9.09. The predicted octanol–water partition coefficient (Wildman–Crippen LogP) is 3.28. The zero-order valence-corrected chi connectivity index (χ0v) is 17.8. The lowest BCUT2D eigenvalue weighted by atomic mass is 10.0. The summed E-state index contributed by atoms with van der Waals surface area (Å²) in [5, 5.41) is 3.12. The maximum absolute atomic E-state index is 12.5. The number of nitrogens with zero attached hydrogens (tertiary/aromatic N) is 1. The molecule has 2 aromatic carbocycles. The van der Waals surface area contributed by atoms with E-state index in [1.165, 1.54) is 31.3 Å². The van der Waals surface area contributed by atoms with Gasteiger partial charge in [0, 0.05) is 12.1 Å². The fourth-order valence-electron chi connectivity index (χ4n) is 2.57. The summed E-state index contributed by atoms with van der Waals surface area (Å²) in [6.45, 7) is 4.46. The maximum Gasteiger partial charge on any atom is 0.243 e. The van der Waals surface area contributed by atoms with Crippen LogP contribution in [-0.2, 0) is 14.8 Å². The van der Waals surface area contributed by atoms with Gasteiger partial charge in [0.2, 0.25) is 15.9 Å². The van der Waals surface area contributed by atoms with E-state index in [4.69, 9.17) is 16.3 Å². The van der Waals surface area contributed by atoms with Gasteiger partial charge < -0.3 is 10.1 Å². The normalized spacial score (nSPS) is 11.6. The summed E-state index contributed by atoms with van der Waals surface area (Å²) in [6.07, 6.45) is 0. The van der Waals surface area contributed by atoms with Crippen molar-refractivity contribution in [1.82, 2.24) is 9.62 Å². The minimum atomic E-state index is -3.76. The van der Waals surface area contributed by atoms with E-state index in [9.17, 15) is 13.2 Å². The molecule has 0 bridgehead atoms. The molecule has 1 N–H and O–H groups in total. The lowest BCUT2D eigenvalue weighted by molar-refractivity contribution is -0.121. The number of nitrogens with one attached hydrogen (secondary N) is 1. The number of carbonyl (C=O) groups is 1. The number of hydrogen-bond donors (Lipinski definition) is 1. The summed E-state index contributed by atoms with van der Waals surface area (Å²) in [5.41, 5.74) is 1.10. The summed E-state index contributed by atoms with van der Waals surface area (Å²) < 4.78 is 31.7. The molecule has 1 amide bonds. The van der Waals surface area contributed by atoms with E-state index in [1.807, 2.05) is 24.3 Å². The van der Waals surface area contributed by atoms with Gasteiger partial charge in [-0.3, -0.25) is 4.79 Å². The minimum absolute atomic E-state index is 0.0841. The Morgan fingerprint density at radius 2 is 1.79 bits per heavy atom. The van der Waals surface area contributed by atoms with Crippen molar-refractivity contribution in [3.8, 4) is 5.75 Å². The minimum Gasteiger partial charge on any atom is -0.491 e. The number of rotatable bonds is 9. The van der Waals surface area contributed by atoms with Crippen LogP contribution in [-0.4, -0.2) is 45.4 Å². The lowest BCUT2D eigenvalue weighted by Crippen LogP contribution is -2.39. The number of amides is 1. The average molecular weight is 425 g/mol. The van der Waals surface area contributed by atoms with Gasteiger partial charge in [-0.25, -0.2) is 8.42 Å². The van der Waals surface area contributed by atoms with Gasteiger partial charge in [0.05, 0.1) is 18.0 Å². The van der Waals surface area contributed by atoms with Gasteiger partial charge in [0.15, 0.2) is 0 Å². The number of likely N-dealkylation sites (N-methyl/N-ethyl adjacent to an activating group) is 1. The number of para-hydroxylation sites is 1. The second kappa shape index (κ2) is 9.91. The molecule has 0 aliphatic heterocycles. The average Bonchev–Trinajstić information content (AvgIpc) is 2.65. The molecule has 2 rings (SSSR count). The van der Waals surface area contributed by atoms with E-state index >= 15 is 0 Å². The van der Waals surface area contributed by atoms with Gasteiger partial charge in [0.25, 0.3) is 0 Å². The first-order valence-electron chi connectivity index (χ1n) is 8.92. The molecule has 0 heterocycles. The molecule has 0 aliphatic rings. The van der Waals surface area contributed by atoms with E-state index < -0.39 is 15.9 Å². The van der Waals surface area contributed by atoms with Crippen LogP contribution in [0.5, 0.6) is 5.75 Å². The second-order valence-electron chi connectivity index (χ2n) is 6.61. The fourth-order valence-corrected chi connectivity index (χ4v) is 3.82. The number of ether oxygens (including phenoxy) is 1.